The first-order valence-electron chi connectivity index (χ1n) is 8.58. The van der Waals surface area contributed by atoms with Crippen LogP contribution in [-0.4, -0.2) is 55.1 Å². The summed E-state index contributed by atoms with van der Waals surface area (Å²) in [4.78, 5) is 12.5. The maximum Gasteiger partial charge on any atom is 0.259 e. The number of halogens is 2. The third-order valence-electron chi connectivity index (χ3n) is 4.44. The van der Waals surface area contributed by atoms with E-state index in [-0.39, 0.29) is 33.6 Å². The van der Waals surface area contributed by atoms with Gasteiger partial charge in [0.15, 0.2) is 0 Å². The van der Waals surface area contributed by atoms with E-state index >= 15 is 0 Å². The minimum Gasteiger partial charge on any atom is -0.379 e. The molecular formula is C16H16Cl2N4O4S2. The van der Waals surface area contributed by atoms with Gasteiger partial charge in [-0.05, 0) is 25.0 Å². The molecule has 2 heterocycles. The normalized spacial score (nSPS) is 18.2. The van der Waals surface area contributed by atoms with Crippen molar-refractivity contribution in [1.82, 2.24) is 14.5 Å². The third-order valence-corrected chi connectivity index (χ3v) is 8.12. The van der Waals surface area contributed by atoms with Crippen LogP contribution in [0.15, 0.2) is 17.0 Å². The molecule has 12 heteroatoms. The van der Waals surface area contributed by atoms with Gasteiger partial charge in [-0.1, -0.05) is 34.5 Å². The zero-order valence-corrected chi connectivity index (χ0v) is 17.7. The van der Waals surface area contributed by atoms with Crippen LogP contribution in [0.1, 0.15) is 34.1 Å². The van der Waals surface area contributed by atoms with Crippen LogP contribution in [0.25, 0.3) is 0 Å². The number of aromatic nitrogens is 2. The summed E-state index contributed by atoms with van der Waals surface area (Å²) in [5, 5.41) is 11.9. The van der Waals surface area contributed by atoms with E-state index in [4.69, 9.17) is 27.9 Å². The zero-order valence-electron chi connectivity index (χ0n) is 14.5. The minimum atomic E-state index is -3.88. The Bertz CT molecular complexity index is 1020. The number of carbonyl (C=O) groups is 1. The number of hydrogen-bond donors (Lipinski definition) is 1. The zero-order chi connectivity index (χ0) is 19.9. The molecule has 0 unspecified atom stereocenters. The van der Waals surface area contributed by atoms with Crippen molar-refractivity contribution in [3.63, 3.8) is 0 Å². The quantitative estimate of drug-likeness (QED) is 0.732. The molecule has 0 spiro atoms. The average Bonchev–Trinajstić information content (AvgIpc) is 3.42. The van der Waals surface area contributed by atoms with Gasteiger partial charge in [-0.15, -0.1) is 10.2 Å². The van der Waals surface area contributed by atoms with E-state index in [2.05, 4.69) is 15.5 Å². The highest BCUT2D eigenvalue weighted by Crippen LogP contribution is 2.42. The number of benzene rings is 1. The van der Waals surface area contributed by atoms with Gasteiger partial charge < -0.3 is 4.74 Å². The summed E-state index contributed by atoms with van der Waals surface area (Å²) in [6.07, 6.45) is 2.16. The first-order valence-corrected chi connectivity index (χ1v) is 11.6. The second-order valence-electron chi connectivity index (χ2n) is 6.45. The molecule has 1 amide bonds. The Balaban J connectivity index is 1.61. The standard InChI is InChI=1S/C16H16Cl2N4O4S2/c17-11-8-12(18)13(28(24,25)22-3-5-26-6-4-22)7-10(11)14(23)19-16-21-20-15(27-16)9-1-2-9/h7-9H,1-6H2,(H,19,21,23). The Hall–Kier alpha value is -1.30. The molecule has 150 valence electrons. The molecule has 0 radical (unpaired) electrons. The number of rotatable bonds is 5. The molecule has 1 aromatic heterocycles. The summed E-state index contributed by atoms with van der Waals surface area (Å²) >= 11 is 13.6. The topological polar surface area (TPSA) is 101 Å². The summed E-state index contributed by atoms with van der Waals surface area (Å²) in [6, 6.07) is 2.47. The molecule has 1 aromatic carbocycles. The first kappa shape index (κ1) is 20.0. The summed E-state index contributed by atoms with van der Waals surface area (Å²) in [5.74, 6) is -0.147. The lowest BCUT2D eigenvalue weighted by Crippen LogP contribution is -2.40. The van der Waals surface area contributed by atoms with Crippen molar-refractivity contribution in [2.24, 2.45) is 0 Å². The number of nitrogens with zero attached hydrogens (tertiary/aromatic N) is 3. The van der Waals surface area contributed by atoms with Crippen LogP contribution < -0.4 is 5.32 Å². The number of amides is 1. The summed E-state index contributed by atoms with van der Waals surface area (Å²) in [6.45, 7) is 1.05. The van der Waals surface area contributed by atoms with E-state index in [0.717, 1.165) is 17.8 Å². The number of morpholine rings is 1. The maximum atomic E-state index is 12.9. The first-order chi connectivity index (χ1) is 13.4. The minimum absolute atomic E-state index is 0.000994. The van der Waals surface area contributed by atoms with Crippen LogP contribution in [0, 0.1) is 0 Å². The second-order valence-corrected chi connectivity index (χ2v) is 10.2. The predicted molar refractivity (Wildman–Crippen MR) is 106 cm³/mol. The highest BCUT2D eigenvalue weighted by Gasteiger charge is 2.31. The van der Waals surface area contributed by atoms with Crippen molar-refractivity contribution >= 4 is 55.6 Å². The number of sulfonamides is 1. The van der Waals surface area contributed by atoms with Crippen LogP contribution in [-0.2, 0) is 14.8 Å². The van der Waals surface area contributed by atoms with Gasteiger partial charge in [0, 0.05) is 19.0 Å². The molecular weight excluding hydrogens is 447 g/mol. The lowest BCUT2D eigenvalue weighted by Gasteiger charge is -2.26. The number of ether oxygens (including phenoxy) is 1. The fourth-order valence-corrected chi connectivity index (χ4v) is 5.92. The van der Waals surface area contributed by atoms with Crippen molar-refractivity contribution in [3.05, 3.63) is 32.7 Å². The van der Waals surface area contributed by atoms with E-state index in [1.54, 1.807) is 0 Å². The fraction of sp³-hybridized carbons (Fsp3) is 0.438. The van der Waals surface area contributed by atoms with E-state index in [0.29, 0.717) is 24.3 Å². The van der Waals surface area contributed by atoms with E-state index < -0.39 is 15.9 Å². The van der Waals surface area contributed by atoms with Crippen LogP contribution in [0.2, 0.25) is 10.0 Å². The Morgan fingerprint density at radius 2 is 1.89 bits per heavy atom. The van der Waals surface area contributed by atoms with Gasteiger partial charge >= 0.3 is 0 Å². The summed E-state index contributed by atoms with van der Waals surface area (Å²) < 4.78 is 32.3. The Morgan fingerprint density at radius 3 is 2.57 bits per heavy atom. The Morgan fingerprint density at radius 1 is 1.18 bits per heavy atom. The molecule has 2 fully saturated rings. The SMILES string of the molecule is O=C(Nc1nnc(C2CC2)s1)c1cc(S(=O)(=O)N2CCOCC2)c(Cl)cc1Cl. The predicted octanol–water partition coefficient (Wildman–Crippen LogP) is 3.00. The number of carbonyl (C=O) groups excluding carboxylic acids is 1. The smallest absolute Gasteiger partial charge is 0.259 e. The molecule has 1 aliphatic carbocycles. The highest BCUT2D eigenvalue weighted by molar-refractivity contribution is 7.89. The molecule has 1 saturated heterocycles. The van der Waals surface area contributed by atoms with Crippen molar-refractivity contribution in [2.45, 2.75) is 23.7 Å². The summed E-state index contributed by atoms with van der Waals surface area (Å²) in [7, 11) is -3.88. The van der Waals surface area contributed by atoms with Crippen LogP contribution >= 0.6 is 34.5 Å². The number of anilines is 1. The summed E-state index contributed by atoms with van der Waals surface area (Å²) in [5.41, 5.74) is 0.000994. The molecule has 1 saturated carbocycles. The van der Waals surface area contributed by atoms with E-state index in [1.807, 2.05) is 0 Å². The fourth-order valence-electron chi connectivity index (χ4n) is 2.77. The van der Waals surface area contributed by atoms with Gasteiger partial charge in [0.2, 0.25) is 15.2 Å². The van der Waals surface area contributed by atoms with Gasteiger partial charge in [0.05, 0.1) is 28.8 Å². The van der Waals surface area contributed by atoms with Crippen molar-refractivity contribution < 1.29 is 17.9 Å². The van der Waals surface area contributed by atoms with Crippen molar-refractivity contribution in [2.75, 3.05) is 31.6 Å². The average molecular weight is 463 g/mol. The van der Waals surface area contributed by atoms with E-state index in [1.165, 1.54) is 27.8 Å². The highest BCUT2D eigenvalue weighted by atomic mass is 35.5. The number of nitrogens with one attached hydrogen (secondary N) is 1. The molecule has 28 heavy (non-hydrogen) atoms. The van der Waals surface area contributed by atoms with Crippen LogP contribution in [0.4, 0.5) is 5.13 Å². The molecule has 2 aliphatic rings. The molecule has 2 aromatic rings. The molecule has 8 nitrogen and oxygen atoms in total. The molecule has 1 aliphatic heterocycles. The van der Waals surface area contributed by atoms with Gasteiger partial charge in [-0.25, -0.2) is 8.42 Å². The van der Waals surface area contributed by atoms with Gasteiger partial charge in [0.25, 0.3) is 5.91 Å². The van der Waals surface area contributed by atoms with Gasteiger partial charge in [-0.2, -0.15) is 4.31 Å². The number of hydrogen-bond acceptors (Lipinski definition) is 7. The Labute approximate surface area is 175 Å². The van der Waals surface area contributed by atoms with Crippen LogP contribution in [0.5, 0.6) is 0 Å². The van der Waals surface area contributed by atoms with Gasteiger partial charge in [0.1, 0.15) is 9.90 Å². The molecule has 4 rings (SSSR count). The Kier molecular flexibility index (Phi) is 5.60. The van der Waals surface area contributed by atoms with Crippen LogP contribution in [0.3, 0.4) is 0 Å². The van der Waals surface area contributed by atoms with Crippen molar-refractivity contribution in [3.8, 4) is 0 Å². The van der Waals surface area contributed by atoms with E-state index in [9.17, 15) is 13.2 Å². The molecule has 0 bridgehead atoms. The molecule has 1 N–H and O–H groups in total. The largest absolute Gasteiger partial charge is 0.379 e. The molecule has 0 atom stereocenters. The van der Waals surface area contributed by atoms with Gasteiger partial charge in [-0.3, -0.25) is 10.1 Å². The lowest BCUT2D eigenvalue weighted by atomic mass is 10.2. The third kappa shape index (κ3) is 4.03. The maximum absolute atomic E-state index is 12.9. The monoisotopic (exact) mass is 462 g/mol. The second kappa shape index (κ2) is 7.85. The van der Waals surface area contributed by atoms with Crippen molar-refractivity contribution in [1.29, 1.82) is 0 Å². The lowest BCUT2D eigenvalue weighted by molar-refractivity contribution is 0.0730.